The Bertz CT molecular complexity index is 520. The predicted molar refractivity (Wildman–Crippen MR) is 78.1 cm³/mol. The SMILES string of the molecule is CCOC(=O)C[C@H]1CCCCN1C(=O)c1cc(C)oc1C. The molecule has 1 saturated heterocycles. The number of rotatable bonds is 4. The molecule has 1 aromatic heterocycles. The molecule has 5 heteroatoms. The summed E-state index contributed by atoms with van der Waals surface area (Å²) in [6.07, 6.45) is 3.13. The lowest BCUT2D eigenvalue weighted by atomic mass is 9.98. The summed E-state index contributed by atoms with van der Waals surface area (Å²) in [5.74, 6) is 1.09. The van der Waals surface area contributed by atoms with Crippen LogP contribution in [-0.4, -0.2) is 36.0 Å². The highest BCUT2D eigenvalue weighted by molar-refractivity contribution is 5.95. The van der Waals surface area contributed by atoms with E-state index in [4.69, 9.17) is 9.15 Å². The van der Waals surface area contributed by atoms with Crippen LogP contribution in [0.3, 0.4) is 0 Å². The average molecular weight is 293 g/mol. The zero-order valence-electron chi connectivity index (χ0n) is 13.0. The first-order chi connectivity index (χ1) is 10.0. The molecule has 0 aromatic carbocycles. The van der Waals surface area contributed by atoms with E-state index in [1.807, 2.05) is 6.92 Å². The summed E-state index contributed by atoms with van der Waals surface area (Å²) in [7, 11) is 0. The Morgan fingerprint density at radius 3 is 2.76 bits per heavy atom. The summed E-state index contributed by atoms with van der Waals surface area (Å²) in [6.45, 7) is 6.48. The number of esters is 1. The van der Waals surface area contributed by atoms with Crippen LogP contribution in [-0.2, 0) is 9.53 Å². The molecule has 0 aliphatic carbocycles. The normalized spacial score (nSPS) is 18.6. The van der Waals surface area contributed by atoms with Crippen molar-refractivity contribution in [2.24, 2.45) is 0 Å². The van der Waals surface area contributed by atoms with E-state index in [0.29, 0.717) is 24.5 Å². The highest BCUT2D eigenvalue weighted by Gasteiger charge is 2.31. The predicted octanol–water partition coefficient (Wildman–Crippen LogP) is 2.84. The number of aryl methyl sites for hydroxylation is 2. The van der Waals surface area contributed by atoms with Crippen molar-refractivity contribution in [3.05, 3.63) is 23.2 Å². The molecule has 5 nitrogen and oxygen atoms in total. The van der Waals surface area contributed by atoms with Gasteiger partial charge in [0.2, 0.25) is 0 Å². The molecule has 1 aliphatic rings. The van der Waals surface area contributed by atoms with Gasteiger partial charge < -0.3 is 14.1 Å². The van der Waals surface area contributed by atoms with Crippen LogP contribution in [0, 0.1) is 13.8 Å². The number of amides is 1. The molecule has 21 heavy (non-hydrogen) atoms. The van der Waals surface area contributed by atoms with Crippen molar-refractivity contribution < 1.29 is 18.7 Å². The summed E-state index contributed by atoms with van der Waals surface area (Å²) in [4.78, 5) is 26.2. The third kappa shape index (κ3) is 3.65. The van der Waals surface area contributed by atoms with Gasteiger partial charge in [0.25, 0.3) is 5.91 Å². The lowest BCUT2D eigenvalue weighted by molar-refractivity contribution is -0.144. The number of piperidine rings is 1. The molecule has 1 amide bonds. The first-order valence-electron chi connectivity index (χ1n) is 7.56. The summed E-state index contributed by atoms with van der Waals surface area (Å²) in [6, 6.07) is 1.70. The fourth-order valence-corrected chi connectivity index (χ4v) is 2.89. The van der Waals surface area contributed by atoms with Gasteiger partial charge in [0, 0.05) is 12.6 Å². The van der Waals surface area contributed by atoms with Gasteiger partial charge >= 0.3 is 5.97 Å². The highest BCUT2D eigenvalue weighted by Crippen LogP contribution is 2.24. The maximum absolute atomic E-state index is 12.7. The number of hydrogen-bond acceptors (Lipinski definition) is 4. The largest absolute Gasteiger partial charge is 0.466 e. The van der Waals surface area contributed by atoms with E-state index >= 15 is 0 Å². The second kappa shape index (κ2) is 6.78. The molecular weight excluding hydrogens is 270 g/mol. The average Bonchev–Trinajstić information content (AvgIpc) is 2.78. The number of hydrogen-bond donors (Lipinski definition) is 0. The Morgan fingerprint density at radius 2 is 2.14 bits per heavy atom. The lowest BCUT2D eigenvalue weighted by Gasteiger charge is -2.35. The number of carbonyl (C=O) groups excluding carboxylic acids is 2. The Kier molecular flexibility index (Phi) is 5.04. The molecule has 0 bridgehead atoms. The van der Waals surface area contributed by atoms with Crippen LogP contribution in [0.5, 0.6) is 0 Å². The van der Waals surface area contributed by atoms with Gasteiger partial charge in [-0.2, -0.15) is 0 Å². The van der Waals surface area contributed by atoms with E-state index in [9.17, 15) is 9.59 Å². The van der Waals surface area contributed by atoms with Crippen molar-refractivity contribution in [1.82, 2.24) is 4.90 Å². The minimum Gasteiger partial charge on any atom is -0.466 e. The zero-order valence-corrected chi connectivity index (χ0v) is 13.0. The molecule has 0 unspecified atom stereocenters. The van der Waals surface area contributed by atoms with Crippen LogP contribution < -0.4 is 0 Å². The van der Waals surface area contributed by atoms with E-state index < -0.39 is 0 Å². The third-order valence-corrected chi connectivity index (χ3v) is 3.87. The first-order valence-corrected chi connectivity index (χ1v) is 7.56. The maximum atomic E-state index is 12.7. The van der Waals surface area contributed by atoms with Gasteiger partial charge in [-0.3, -0.25) is 9.59 Å². The van der Waals surface area contributed by atoms with E-state index in [0.717, 1.165) is 25.0 Å². The Hall–Kier alpha value is -1.78. The Balaban J connectivity index is 2.12. The first kappa shape index (κ1) is 15.6. The number of nitrogens with zero attached hydrogens (tertiary/aromatic N) is 1. The number of likely N-dealkylation sites (tertiary alicyclic amines) is 1. The number of furan rings is 1. The second-order valence-corrected chi connectivity index (χ2v) is 5.48. The standard InChI is InChI=1S/C16H23NO4/c1-4-20-15(18)10-13-7-5-6-8-17(13)16(19)14-9-11(2)21-12(14)3/h9,13H,4-8,10H2,1-3H3/t13-/m1/s1. The zero-order chi connectivity index (χ0) is 15.4. The van der Waals surface area contributed by atoms with Crippen molar-refractivity contribution in [2.45, 2.75) is 52.5 Å². The van der Waals surface area contributed by atoms with Crippen molar-refractivity contribution in [3.8, 4) is 0 Å². The summed E-state index contributed by atoms with van der Waals surface area (Å²) < 4.78 is 10.5. The molecule has 0 spiro atoms. The summed E-state index contributed by atoms with van der Waals surface area (Å²) in [5, 5.41) is 0. The van der Waals surface area contributed by atoms with E-state index in [1.54, 1.807) is 24.8 Å². The van der Waals surface area contributed by atoms with Crippen molar-refractivity contribution in [3.63, 3.8) is 0 Å². The molecule has 0 radical (unpaired) electrons. The van der Waals surface area contributed by atoms with Gasteiger partial charge in [-0.1, -0.05) is 0 Å². The van der Waals surface area contributed by atoms with Gasteiger partial charge in [0.15, 0.2) is 0 Å². The van der Waals surface area contributed by atoms with Crippen molar-refractivity contribution in [2.75, 3.05) is 13.2 Å². The smallest absolute Gasteiger partial charge is 0.307 e. The van der Waals surface area contributed by atoms with Crippen LogP contribution >= 0.6 is 0 Å². The van der Waals surface area contributed by atoms with Crippen LogP contribution in [0.2, 0.25) is 0 Å². The summed E-state index contributed by atoms with van der Waals surface area (Å²) in [5.41, 5.74) is 0.600. The van der Waals surface area contributed by atoms with Crippen LogP contribution in [0.25, 0.3) is 0 Å². The Labute approximate surface area is 125 Å². The molecule has 1 aromatic rings. The fourth-order valence-electron chi connectivity index (χ4n) is 2.89. The summed E-state index contributed by atoms with van der Waals surface area (Å²) >= 11 is 0. The van der Waals surface area contributed by atoms with Crippen LogP contribution in [0.1, 0.15) is 54.5 Å². The molecule has 116 valence electrons. The molecule has 1 atom stereocenters. The topological polar surface area (TPSA) is 59.8 Å². The maximum Gasteiger partial charge on any atom is 0.307 e. The van der Waals surface area contributed by atoms with E-state index in [2.05, 4.69) is 0 Å². The van der Waals surface area contributed by atoms with Gasteiger partial charge in [0.05, 0.1) is 18.6 Å². The molecular formula is C16H23NO4. The van der Waals surface area contributed by atoms with Gasteiger partial charge in [-0.15, -0.1) is 0 Å². The van der Waals surface area contributed by atoms with Crippen molar-refractivity contribution >= 4 is 11.9 Å². The van der Waals surface area contributed by atoms with Crippen molar-refractivity contribution in [1.29, 1.82) is 0 Å². The number of carbonyl (C=O) groups is 2. The molecule has 0 N–H and O–H groups in total. The third-order valence-electron chi connectivity index (χ3n) is 3.87. The number of ether oxygens (including phenoxy) is 1. The quantitative estimate of drug-likeness (QED) is 0.801. The minimum atomic E-state index is -0.234. The monoisotopic (exact) mass is 293 g/mol. The Morgan fingerprint density at radius 1 is 1.38 bits per heavy atom. The highest BCUT2D eigenvalue weighted by atomic mass is 16.5. The van der Waals surface area contributed by atoms with Gasteiger partial charge in [0.1, 0.15) is 11.5 Å². The minimum absolute atomic E-state index is 0.0432. The molecule has 2 rings (SSSR count). The molecule has 0 saturated carbocycles. The molecule has 1 fully saturated rings. The lowest BCUT2D eigenvalue weighted by Crippen LogP contribution is -2.45. The molecule has 1 aliphatic heterocycles. The van der Waals surface area contributed by atoms with Gasteiger partial charge in [-0.25, -0.2) is 0 Å². The van der Waals surface area contributed by atoms with E-state index in [-0.39, 0.29) is 24.3 Å². The van der Waals surface area contributed by atoms with Crippen LogP contribution in [0.4, 0.5) is 0 Å². The second-order valence-electron chi connectivity index (χ2n) is 5.48. The molecule has 2 heterocycles. The van der Waals surface area contributed by atoms with Crippen LogP contribution in [0.15, 0.2) is 10.5 Å². The van der Waals surface area contributed by atoms with E-state index in [1.165, 1.54) is 0 Å². The van der Waals surface area contributed by atoms with Gasteiger partial charge in [-0.05, 0) is 46.1 Å². The fraction of sp³-hybridized carbons (Fsp3) is 0.625.